The topological polar surface area (TPSA) is 76.4 Å². The van der Waals surface area contributed by atoms with Crippen LogP contribution in [0.15, 0.2) is 10.1 Å². The summed E-state index contributed by atoms with van der Waals surface area (Å²) in [6.45, 7) is 5.32. The van der Waals surface area contributed by atoms with Gasteiger partial charge >= 0.3 is 0 Å². The van der Waals surface area contributed by atoms with Crippen molar-refractivity contribution >= 4 is 17.7 Å². The van der Waals surface area contributed by atoms with E-state index in [0.717, 1.165) is 62.5 Å². The third-order valence-electron chi connectivity index (χ3n) is 4.66. The monoisotopic (exact) mass is 382 g/mol. The molecule has 1 aliphatic rings. The number of nitrogens with one attached hydrogen (secondary N) is 2. The van der Waals surface area contributed by atoms with E-state index in [9.17, 15) is 0 Å². The van der Waals surface area contributed by atoms with Crippen molar-refractivity contribution in [2.45, 2.75) is 63.1 Å². The van der Waals surface area contributed by atoms with E-state index in [1.54, 1.807) is 18.8 Å². The summed E-state index contributed by atoms with van der Waals surface area (Å²) in [7, 11) is 1.80. The number of aliphatic imine (C=N–C) groups is 1. The number of aryl methyl sites for hydroxylation is 1. The molecular weight excluding hydrogens is 348 g/mol. The van der Waals surface area contributed by atoms with E-state index in [4.69, 9.17) is 4.74 Å². The highest BCUT2D eigenvalue weighted by molar-refractivity contribution is 7.98. The molecule has 1 aromatic rings. The maximum absolute atomic E-state index is 5.34. The molecule has 0 saturated heterocycles. The average molecular weight is 383 g/mol. The normalized spacial score (nSPS) is 15.6. The number of thioether (sulfide) groups is 1. The van der Waals surface area contributed by atoms with Gasteiger partial charge in [-0.15, -0.1) is 10.2 Å². The van der Waals surface area contributed by atoms with E-state index < -0.39 is 0 Å². The van der Waals surface area contributed by atoms with Crippen molar-refractivity contribution in [3.8, 4) is 0 Å². The van der Waals surface area contributed by atoms with E-state index >= 15 is 0 Å². The first kappa shape index (κ1) is 21.0. The number of nitrogens with zero attached hydrogens (tertiary/aromatic N) is 4. The van der Waals surface area contributed by atoms with Crippen molar-refractivity contribution in [1.82, 2.24) is 25.4 Å². The third-order valence-corrected chi connectivity index (χ3v) is 5.31. The van der Waals surface area contributed by atoms with Gasteiger partial charge in [-0.05, 0) is 38.9 Å². The van der Waals surface area contributed by atoms with Gasteiger partial charge in [0.1, 0.15) is 5.82 Å². The molecule has 7 nitrogen and oxygen atoms in total. The third kappa shape index (κ3) is 6.46. The Morgan fingerprint density at radius 3 is 2.62 bits per heavy atom. The lowest BCUT2D eigenvalue weighted by Crippen LogP contribution is -2.38. The molecule has 1 aromatic heterocycles. The van der Waals surface area contributed by atoms with Crippen LogP contribution in [0.1, 0.15) is 57.3 Å². The van der Waals surface area contributed by atoms with Crippen molar-refractivity contribution in [3.63, 3.8) is 0 Å². The van der Waals surface area contributed by atoms with Crippen LogP contribution in [-0.4, -0.2) is 60.3 Å². The summed E-state index contributed by atoms with van der Waals surface area (Å²) in [6.07, 6.45) is 10.2. The van der Waals surface area contributed by atoms with E-state index in [1.807, 2.05) is 6.92 Å². The molecule has 1 aliphatic carbocycles. The Labute approximate surface area is 161 Å². The molecule has 2 N–H and O–H groups in total. The zero-order valence-electron chi connectivity index (χ0n) is 16.5. The van der Waals surface area contributed by atoms with Gasteiger partial charge in [0.15, 0.2) is 11.1 Å². The molecule has 0 amide bonds. The Kier molecular flexibility index (Phi) is 9.84. The van der Waals surface area contributed by atoms with E-state index in [-0.39, 0.29) is 0 Å². The summed E-state index contributed by atoms with van der Waals surface area (Å²) in [5, 5.41) is 16.6. The van der Waals surface area contributed by atoms with Crippen molar-refractivity contribution in [3.05, 3.63) is 5.82 Å². The minimum atomic E-state index is 0.593. The van der Waals surface area contributed by atoms with Crippen LogP contribution in [-0.2, 0) is 11.2 Å². The average Bonchev–Trinajstić information content (AvgIpc) is 3.32. The standard InChI is InChI=1S/C18H34N6OS/c1-4-25-14-8-13-21-17(19-2)20-12-7-11-16-22-23-18(26-3)24(16)15-9-5-6-10-15/h15H,4-14H2,1-3H3,(H2,19,20,21). The van der Waals surface area contributed by atoms with Gasteiger partial charge < -0.3 is 19.9 Å². The van der Waals surface area contributed by atoms with Gasteiger partial charge in [0.2, 0.25) is 0 Å². The van der Waals surface area contributed by atoms with Gasteiger partial charge in [0.05, 0.1) is 0 Å². The van der Waals surface area contributed by atoms with Crippen molar-refractivity contribution in [1.29, 1.82) is 0 Å². The Morgan fingerprint density at radius 1 is 1.23 bits per heavy atom. The fraction of sp³-hybridized carbons (Fsp3) is 0.833. The van der Waals surface area contributed by atoms with Crippen LogP contribution in [0.25, 0.3) is 0 Å². The van der Waals surface area contributed by atoms with Gasteiger partial charge in [-0.1, -0.05) is 24.6 Å². The highest BCUT2D eigenvalue weighted by Gasteiger charge is 2.23. The Balaban J connectivity index is 1.73. The number of rotatable bonds is 11. The second kappa shape index (κ2) is 12.2. The van der Waals surface area contributed by atoms with Gasteiger partial charge in [-0.25, -0.2) is 0 Å². The lowest BCUT2D eigenvalue weighted by Gasteiger charge is -2.16. The molecule has 1 heterocycles. The number of hydrogen-bond acceptors (Lipinski definition) is 5. The summed E-state index contributed by atoms with van der Waals surface area (Å²) in [6, 6.07) is 0.593. The van der Waals surface area contributed by atoms with Crippen molar-refractivity contribution in [2.24, 2.45) is 4.99 Å². The number of ether oxygens (including phenoxy) is 1. The lowest BCUT2D eigenvalue weighted by atomic mass is 10.2. The van der Waals surface area contributed by atoms with Crippen molar-refractivity contribution < 1.29 is 4.74 Å². The molecule has 0 atom stereocenters. The molecule has 1 fully saturated rings. The van der Waals surface area contributed by atoms with Crippen LogP contribution in [0.5, 0.6) is 0 Å². The molecule has 0 spiro atoms. The van der Waals surface area contributed by atoms with Gasteiger partial charge in [0.25, 0.3) is 0 Å². The van der Waals surface area contributed by atoms with E-state index in [1.165, 1.54) is 25.7 Å². The minimum Gasteiger partial charge on any atom is -0.382 e. The van der Waals surface area contributed by atoms with E-state index in [2.05, 4.69) is 36.6 Å². The summed E-state index contributed by atoms with van der Waals surface area (Å²) < 4.78 is 7.73. The molecule has 148 valence electrons. The predicted octanol–water partition coefficient (Wildman–Crippen LogP) is 2.64. The largest absolute Gasteiger partial charge is 0.382 e. The van der Waals surface area contributed by atoms with Crippen LogP contribution in [0.4, 0.5) is 0 Å². The van der Waals surface area contributed by atoms with Crippen LogP contribution in [0, 0.1) is 0 Å². The second-order valence-electron chi connectivity index (χ2n) is 6.49. The molecule has 0 radical (unpaired) electrons. The van der Waals surface area contributed by atoms with E-state index in [0.29, 0.717) is 6.04 Å². The molecule has 0 aliphatic heterocycles. The van der Waals surface area contributed by atoms with Crippen LogP contribution < -0.4 is 10.6 Å². The Morgan fingerprint density at radius 2 is 1.96 bits per heavy atom. The first-order valence-electron chi connectivity index (χ1n) is 9.80. The quantitative estimate of drug-likeness (QED) is 0.265. The molecule has 26 heavy (non-hydrogen) atoms. The fourth-order valence-corrected chi connectivity index (χ4v) is 3.92. The zero-order valence-corrected chi connectivity index (χ0v) is 17.3. The summed E-state index contributed by atoms with van der Waals surface area (Å²) >= 11 is 1.70. The lowest BCUT2D eigenvalue weighted by molar-refractivity contribution is 0.145. The van der Waals surface area contributed by atoms with Crippen LogP contribution in [0.3, 0.4) is 0 Å². The van der Waals surface area contributed by atoms with Gasteiger partial charge in [-0.2, -0.15) is 0 Å². The molecule has 0 unspecified atom stereocenters. The highest BCUT2D eigenvalue weighted by atomic mass is 32.2. The molecule has 1 saturated carbocycles. The van der Waals surface area contributed by atoms with Gasteiger partial charge in [-0.3, -0.25) is 4.99 Å². The number of aromatic nitrogens is 3. The SMILES string of the molecule is CCOCCCNC(=NC)NCCCc1nnc(SC)n1C1CCCC1. The van der Waals surface area contributed by atoms with Gasteiger partial charge in [0, 0.05) is 45.8 Å². The molecule has 0 aromatic carbocycles. The Bertz CT molecular complexity index is 542. The Hall–Kier alpha value is -1.28. The maximum atomic E-state index is 5.34. The first-order valence-corrected chi connectivity index (χ1v) is 11.0. The van der Waals surface area contributed by atoms with Crippen LogP contribution in [0.2, 0.25) is 0 Å². The summed E-state index contributed by atoms with van der Waals surface area (Å²) in [5.74, 6) is 1.98. The number of hydrogen-bond donors (Lipinski definition) is 2. The highest BCUT2D eigenvalue weighted by Crippen LogP contribution is 2.33. The molecule has 8 heteroatoms. The molecule has 2 rings (SSSR count). The maximum Gasteiger partial charge on any atom is 0.191 e. The summed E-state index contributed by atoms with van der Waals surface area (Å²) in [4.78, 5) is 4.27. The zero-order chi connectivity index (χ0) is 18.6. The van der Waals surface area contributed by atoms with Crippen LogP contribution >= 0.6 is 11.8 Å². The van der Waals surface area contributed by atoms with Crippen molar-refractivity contribution in [2.75, 3.05) is 39.6 Å². The molecule has 0 bridgehead atoms. The molecular formula is C18H34N6OS. The number of guanidine groups is 1. The predicted molar refractivity (Wildman–Crippen MR) is 108 cm³/mol. The first-order chi connectivity index (χ1) is 12.8. The summed E-state index contributed by atoms with van der Waals surface area (Å²) in [5.41, 5.74) is 0. The minimum absolute atomic E-state index is 0.593. The fourth-order valence-electron chi connectivity index (χ4n) is 3.35. The second-order valence-corrected chi connectivity index (χ2v) is 7.26. The smallest absolute Gasteiger partial charge is 0.191 e.